The van der Waals surface area contributed by atoms with Gasteiger partial charge < -0.3 is 9.84 Å². The zero-order chi connectivity index (χ0) is 20.5. The Morgan fingerprint density at radius 1 is 1.03 bits per heavy atom. The quantitative estimate of drug-likeness (QED) is 0.815. The van der Waals surface area contributed by atoms with Gasteiger partial charge in [0.05, 0.1) is 7.11 Å². The molecule has 2 aromatic rings. The number of hydrogen-bond acceptors (Lipinski definition) is 5. The van der Waals surface area contributed by atoms with Gasteiger partial charge in [0.15, 0.2) is 6.35 Å². The fraction of sp³-hybridized carbons (Fsp3) is 0.500. The summed E-state index contributed by atoms with van der Waals surface area (Å²) in [5.74, 6) is 0.875. The molecule has 1 saturated carbocycles. The van der Waals surface area contributed by atoms with Crippen LogP contribution in [-0.2, 0) is 12.1 Å². The Bertz CT molecular complexity index is 816. The first kappa shape index (κ1) is 20.4. The van der Waals surface area contributed by atoms with Crippen molar-refractivity contribution in [3.05, 3.63) is 65.7 Å². The Morgan fingerprint density at radius 3 is 2.34 bits per heavy atom. The van der Waals surface area contributed by atoms with Crippen molar-refractivity contribution in [3.8, 4) is 5.75 Å². The van der Waals surface area contributed by atoms with Crippen molar-refractivity contribution < 1.29 is 9.84 Å². The number of para-hydroxylation sites is 1. The second kappa shape index (κ2) is 8.07. The van der Waals surface area contributed by atoms with Gasteiger partial charge in [-0.05, 0) is 51.4 Å². The first-order valence-electron chi connectivity index (χ1n) is 10.5. The molecule has 1 heterocycles. The molecular formula is C24H33N3O2. The van der Waals surface area contributed by atoms with Gasteiger partial charge in [0.25, 0.3) is 0 Å². The normalized spacial score (nSPS) is 30.2. The number of nitrogens with one attached hydrogen (secondary N) is 1. The third-order valence-corrected chi connectivity index (χ3v) is 7.05. The standard InChI is InChI=1S/C24H33N3O2/c1-26(2)24(20-10-5-4-6-11-20)15-13-23(14-16-24)18-27(22(28)25-23)17-19-9-7-8-12-21(19)29-3/h4-12,22,25,28H,13-18H2,1-3H3. The Labute approximate surface area is 174 Å². The molecule has 1 aliphatic carbocycles. The van der Waals surface area contributed by atoms with Crippen LogP contribution in [-0.4, -0.2) is 54.5 Å². The molecule has 156 valence electrons. The van der Waals surface area contributed by atoms with Gasteiger partial charge in [0.1, 0.15) is 5.75 Å². The second-order valence-corrected chi connectivity index (χ2v) is 8.81. The number of aliphatic hydroxyl groups is 1. The number of aliphatic hydroxyl groups excluding tert-OH is 1. The summed E-state index contributed by atoms with van der Waals surface area (Å²) in [5, 5.41) is 14.3. The van der Waals surface area contributed by atoms with Crippen molar-refractivity contribution in [1.29, 1.82) is 0 Å². The molecule has 4 rings (SSSR count). The van der Waals surface area contributed by atoms with E-state index in [0.29, 0.717) is 6.54 Å². The molecule has 5 heteroatoms. The molecule has 2 fully saturated rings. The van der Waals surface area contributed by atoms with E-state index in [1.807, 2.05) is 18.2 Å². The number of rotatable bonds is 5. The maximum atomic E-state index is 10.8. The van der Waals surface area contributed by atoms with Crippen molar-refractivity contribution in [2.75, 3.05) is 27.7 Å². The summed E-state index contributed by atoms with van der Waals surface area (Å²) in [6.45, 7) is 1.53. The Kier molecular flexibility index (Phi) is 5.67. The van der Waals surface area contributed by atoms with Crippen molar-refractivity contribution in [2.24, 2.45) is 0 Å². The summed E-state index contributed by atoms with van der Waals surface area (Å²) in [7, 11) is 6.08. The summed E-state index contributed by atoms with van der Waals surface area (Å²) in [6.07, 6.45) is 3.61. The molecule has 2 aromatic carbocycles. The Hall–Kier alpha value is -1.92. The molecule has 0 bridgehead atoms. The van der Waals surface area contributed by atoms with E-state index in [0.717, 1.165) is 43.5 Å². The molecule has 5 nitrogen and oxygen atoms in total. The molecule has 2 N–H and O–H groups in total. The van der Waals surface area contributed by atoms with Crippen molar-refractivity contribution in [1.82, 2.24) is 15.1 Å². The lowest BCUT2D eigenvalue weighted by molar-refractivity contribution is 0.0123. The van der Waals surface area contributed by atoms with E-state index in [-0.39, 0.29) is 11.1 Å². The maximum absolute atomic E-state index is 10.8. The lowest BCUT2D eigenvalue weighted by Gasteiger charge is -2.49. The number of ether oxygens (including phenoxy) is 1. The van der Waals surface area contributed by atoms with Crippen LogP contribution in [0.4, 0.5) is 0 Å². The second-order valence-electron chi connectivity index (χ2n) is 8.81. The highest BCUT2D eigenvalue weighted by atomic mass is 16.5. The van der Waals surface area contributed by atoms with Crippen molar-refractivity contribution in [3.63, 3.8) is 0 Å². The Balaban J connectivity index is 1.49. The Morgan fingerprint density at radius 2 is 1.69 bits per heavy atom. The predicted molar refractivity (Wildman–Crippen MR) is 116 cm³/mol. The first-order valence-corrected chi connectivity index (χ1v) is 10.5. The van der Waals surface area contributed by atoms with E-state index in [9.17, 15) is 5.11 Å². The fourth-order valence-electron chi connectivity index (χ4n) is 5.27. The minimum Gasteiger partial charge on any atom is -0.496 e. The smallest absolute Gasteiger partial charge is 0.163 e. The van der Waals surface area contributed by atoms with Crippen LogP contribution < -0.4 is 10.1 Å². The van der Waals surface area contributed by atoms with Gasteiger partial charge >= 0.3 is 0 Å². The van der Waals surface area contributed by atoms with Crippen LogP contribution >= 0.6 is 0 Å². The third-order valence-electron chi connectivity index (χ3n) is 7.05. The van der Waals surface area contributed by atoms with E-state index in [1.54, 1.807) is 7.11 Å². The minimum absolute atomic E-state index is 0.0320. The number of nitrogens with zero attached hydrogens (tertiary/aromatic N) is 2. The largest absolute Gasteiger partial charge is 0.496 e. The van der Waals surface area contributed by atoms with Crippen LogP contribution in [0.25, 0.3) is 0 Å². The molecule has 0 radical (unpaired) electrons. The highest BCUT2D eigenvalue weighted by Crippen LogP contribution is 2.46. The zero-order valence-electron chi connectivity index (χ0n) is 17.8. The van der Waals surface area contributed by atoms with Crippen LogP contribution in [0, 0.1) is 0 Å². The van der Waals surface area contributed by atoms with E-state index < -0.39 is 6.35 Å². The average molecular weight is 396 g/mol. The van der Waals surface area contributed by atoms with Gasteiger partial charge in [-0.15, -0.1) is 0 Å². The molecule has 1 aliphatic heterocycles. The van der Waals surface area contributed by atoms with Gasteiger partial charge in [-0.3, -0.25) is 15.1 Å². The van der Waals surface area contributed by atoms with Gasteiger partial charge in [-0.2, -0.15) is 0 Å². The summed E-state index contributed by atoms with van der Waals surface area (Å²) in [4.78, 5) is 4.51. The number of hydrogen-bond donors (Lipinski definition) is 2. The van der Waals surface area contributed by atoms with Crippen molar-refractivity contribution in [2.45, 2.75) is 49.7 Å². The summed E-state index contributed by atoms with van der Waals surface area (Å²) >= 11 is 0. The van der Waals surface area contributed by atoms with E-state index in [2.05, 4.69) is 65.6 Å². The predicted octanol–water partition coefficient (Wildman–Crippen LogP) is 3.15. The monoisotopic (exact) mass is 395 g/mol. The maximum Gasteiger partial charge on any atom is 0.163 e. The van der Waals surface area contributed by atoms with Gasteiger partial charge in [-0.25, -0.2) is 0 Å². The third kappa shape index (κ3) is 3.80. The average Bonchev–Trinajstić information content (AvgIpc) is 3.04. The summed E-state index contributed by atoms with van der Waals surface area (Å²) < 4.78 is 5.50. The molecule has 0 aromatic heterocycles. The molecular weight excluding hydrogens is 362 g/mol. The van der Waals surface area contributed by atoms with E-state index >= 15 is 0 Å². The van der Waals surface area contributed by atoms with Crippen LogP contribution in [0.1, 0.15) is 36.8 Å². The molecule has 1 atom stereocenters. The van der Waals surface area contributed by atoms with Crippen LogP contribution in [0.2, 0.25) is 0 Å². The summed E-state index contributed by atoms with van der Waals surface area (Å²) in [5.41, 5.74) is 2.53. The van der Waals surface area contributed by atoms with Crippen LogP contribution in [0.15, 0.2) is 54.6 Å². The van der Waals surface area contributed by atoms with Crippen LogP contribution in [0.5, 0.6) is 5.75 Å². The minimum atomic E-state index is -0.622. The van der Waals surface area contributed by atoms with E-state index in [4.69, 9.17) is 4.74 Å². The van der Waals surface area contributed by atoms with Crippen molar-refractivity contribution >= 4 is 0 Å². The zero-order valence-corrected chi connectivity index (χ0v) is 17.8. The van der Waals surface area contributed by atoms with E-state index in [1.165, 1.54) is 5.56 Å². The molecule has 1 unspecified atom stereocenters. The highest BCUT2D eigenvalue weighted by molar-refractivity contribution is 5.33. The highest BCUT2D eigenvalue weighted by Gasteiger charge is 2.49. The van der Waals surface area contributed by atoms with Gasteiger partial charge in [0.2, 0.25) is 0 Å². The van der Waals surface area contributed by atoms with Gasteiger partial charge in [0, 0.05) is 29.7 Å². The first-order chi connectivity index (χ1) is 14.0. The lowest BCUT2D eigenvalue weighted by atomic mass is 9.69. The molecule has 1 saturated heterocycles. The van der Waals surface area contributed by atoms with Crippen LogP contribution in [0.3, 0.4) is 0 Å². The summed E-state index contributed by atoms with van der Waals surface area (Å²) in [6, 6.07) is 18.9. The molecule has 0 amide bonds. The van der Waals surface area contributed by atoms with Gasteiger partial charge in [-0.1, -0.05) is 48.5 Å². The molecule has 2 aliphatic rings. The topological polar surface area (TPSA) is 48.0 Å². The number of benzene rings is 2. The molecule has 29 heavy (non-hydrogen) atoms. The lowest BCUT2D eigenvalue weighted by Crippen LogP contribution is -2.54. The fourth-order valence-corrected chi connectivity index (χ4v) is 5.27. The SMILES string of the molecule is COc1ccccc1CN1CC2(CCC(c3ccccc3)(N(C)C)CC2)NC1O. The number of methoxy groups -OCH3 is 1. The molecule has 1 spiro atoms.